The highest BCUT2D eigenvalue weighted by Crippen LogP contribution is 2.21. The molecule has 3 atom stereocenters. The van der Waals surface area contributed by atoms with Crippen LogP contribution in [0.15, 0.2) is 11.6 Å². The molecular formula is C11H18N2OS. The Balaban J connectivity index is 1.78. The van der Waals surface area contributed by atoms with E-state index in [9.17, 15) is 0 Å². The molecule has 0 saturated carbocycles. The standard InChI is InChI=1S/C11H18N2OS/c1-8(11-12-4-6-15-11)13-7-10-3-5-14-9(10)2/h4,6,8-10,13H,3,5,7H2,1-2H3. The molecule has 3 nitrogen and oxygen atoms in total. The molecule has 1 aliphatic heterocycles. The van der Waals surface area contributed by atoms with E-state index in [-0.39, 0.29) is 0 Å². The van der Waals surface area contributed by atoms with Crippen LogP contribution in [-0.2, 0) is 4.74 Å². The summed E-state index contributed by atoms with van der Waals surface area (Å²) in [5.41, 5.74) is 0. The summed E-state index contributed by atoms with van der Waals surface area (Å²) in [4.78, 5) is 4.31. The van der Waals surface area contributed by atoms with Gasteiger partial charge in [0.25, 0.3) is 0 Å². The average molecular weight is 226 g/mol. The van der Waals surface area contributed by atoms with Gasteiger partial charge in [-0.25, -0.2) is 4.98 Å². The van der Waals surface area contributed by atoms with Crippen molar-refractivity contribution < 1.29 is 4.74 Å². The summed E-state index contributed by atoms with van der Waals surface area (Å²) in [6.45, 7) is 6.27. The van der Waals surface area contributed by atoms with Crippen LogP contribution in [0, 0.1) is 5.92 Å². The number of hydrogen-bond donors (Lipinski definition) is 1. The minimum absolute atomic E-state index is 0.359. The first-order valence-electron chi connectivity index (χ1n) is 5.51. The van der Waals surface area contributed by atoms with Crippen molar-refractivity contribution in [3.05, 3.63) is 16.6 Å². The highest BCUT2D eigenvalue weighted by atomic mass is 32.1. The lowest BCUT2D eigenvalue weighted by Crippen LogP contribution is -2.29. The fraction of sp³-hybridized carbons (Fsp3) is 0.727. The SMILES string of the molecule is CC(NCC1CCOC1C)c1nccs1. The van der Waals surface area contributed by atoms with Gasteiger partial charge in [-0.3, -0.25) is 0 Å². The lowest BCUT2D eigenvalue weighted by molar-refractivity contribution is 0.105. The van der Waals surface area contributed by atoms with Crippen molar-refractivity contribution in [2.24, 2.45) is 5.92 Å². The molecule has 84 valence electrons. The van der Waals surface area contributed by atoms with Crippen molar-refractivity contribution in [2.75, 3.05) is 13.2 Å². The van der Waals surface area contributed by atoms with Crippen LogP contribution in [0.25, 0.3) is 0 Å². The second kappa shape index (κ2) is 5.05. The Kier molecular flexibility index (Phi) is 3.72. The average Bonchev–Trinajstić information content (AvgIpc) is 2.85. The van der Waals surface area contributed by atoms with Gasteiger partial charge in [0.15, 0.2) is 0 Å². The second-order valence-electron chi connectivity index (χ2n) is 4.12. The van der Waals surface area contributed by atoms with Crippen LogP contribution in [0.3, 0.4) is 0 Å². The number of nitrogens with one attached hydrogen (secondary N) is 1. The summed E-state index contributed by atoms with van der Waals surface area (Å²) in [6, 6.07) is 0.359. The van der Waals surface area contributed by atoms with E-state index in [0.717, 1.165) is 13.2 Å². The lowest BCUT2D eigenvalue weighted by atomic mass is 10.0. The topological polar surface area (TPSA) is 34.1 Å². The number of hydrogen-bond acceptors (Lipinski definition) is 4. The van der Waals surface area contributed by atoms with Crippen LogP contribution in [-0.4, -0.2) is 24.2 Å². The minimum Gasteiger partial charge on any atom is -0.378 e. The Bertz CT molecular complexity index is 289. The zero-order chi connectivity index (χ0) is 10.7. The summed E-state index contributed by atoms with van der Waals surface area (Å²) < 4.78 is 5.54. The van der Waals surface area contributed by atoms with Crippen molar-refractivity contribution in [1.29, 1.82) is 0 Å². The summed E-state index contributed by atoms with van der Waals surface area (Å²) in [7, 11) is 0. The molecule has 0 aliphatic carbocycles. The zero-order valence-electron chi connectivity index (χ0n) is 9.27. The molecule has 2 heterocycles. The van der Waals surface area contributed by atoms with Crippen molar-refractivity contribution in [2.45, 2.75) is 32.4 Å². The van der Waals surface area contributed by atoms with E-state index in [1.807, 2.05) is 11.6 Å². The van der Waals surface area contributed by atoms with Crippen LogP contribution in [0.5, 0.6) is 0 Å². The number of ether oxygens (including phenoxy) is 1. The molecule has 3 unspecified atom stereocenters. The quantitative estimate of drug-likeness (QED) is 0.855. The van der Waals surface area contributed by atoms with E-state index in [0.29, 0.717) is 18.1 Å². The van der Waals surface area contributed by atoms with Gasteiger partial charge in [0.05, 0.1) is 12.1 Å². The molecule has 1 aromatic rings. The third kappa shape index (κ3) is 2.77. The molecular weight excluding hydrogens is 208 g/mol. The molecule has 1 saturated heterocycles. The lowest BCUT2D eigenvalue weighted by Gasteiger charge is -2.17. The maximum atomic E-state index is 5.54. The van der Waals surface area contributed by atoms with Gasteiger partial charge in [0.2, 0.25) is 0 Å². The first-order valence-corrected chi connectivity index (χ1v) is 6.39. The third-order valence-electron chi connectivity index (χ3n) is 3.04. The monoisotopic (exact) mass is 226 g/mol. The summed E-state index contributed by atoms with van der Waals surface area (Å²) in [5, 5.41) is 6.72. The highest BCUT2D eigenvalue weighted by Gasteiger charge is 2.24. The largest absolute Gasteiger partial charge is 0.378 e. The maximum absolute atomic E-state index is 5.54. The van der Waals surface area contributed by atoms with Crippen LogP contribution in [0.1, 0.15) is 31.3 Å². The van der Waals surface area contributed by atoms with E-state index in [1.54, 1.807) is 11.3 Å². The van der Waals surface area contributed by atoms with E-state index < -0.39 is 0 Å². The number of aromatic nitrogens is 1. The van der Waals surface area contributed by atoms with E-state index in [2.05, 4.69) is 24.1 Å². The van der Waals surface area contributed by atoms with E-state index in [1.165, 1.54) is 11.4 Å². The Labute approximate surface area is 94.9 Å². The molecule has 0 aromatic carbocycles. The van der Waals surface area contributed by atoms with E-state index in [4.69, 9.17) is 4.74 Å². The molecule has 1 fully saturated rings. The van der Waals surface area contributed by atoms with E-state index >= 15 is 0 Å². The maximum Gasteiger partial charge on any atom is 0.109 e. The second-order valence-corrected chi connectivity index (χ2v) is 5.05. The van der Waals surface area contributed by atoms with Gasteiger partial charge in [0.1, 0.15) is 5.01 Å². The summed E-state index contributed by atoms with van der Waals surface area (Å²) in [5.74, 6) is 0.660. The molecule has 1 aromatic heterocycles. The number of nitrogens with zero attached hydrogens (tertiary/aromatic N) is 1. The van der Waals surface area contributed by atoms with Crippen molar-refractivity contribution in [3.63, 3.8) is 0 Å². The van der Waals surface area contributed by atoms with Crippen LogP contribution in [0.2, 0.25) is 0 Å². The first-order chi connectivity index (χ1) is 7.27. The normalized spacial score (nSPS) is 28.1. The van der Waals surface area contributed by atoms with Gasteiger partial charge < -0.3 is 10.1 Å². The Morgan fingerprint density at radius 1 is 1.73 bits per heavy atom. The molecule has 2 rings (SSSR count). The summed E-state index contributed by atoms with van der Waals surface area (Å²) in [6.07, 6.45) is 3.44. The molecule has 0 radical (unpaired) electrons. The third-order valence-corrected chi connectivity index (χ3v) is 4.00. The predicted octanol–water partition coefficient (Wildman–Crippen LogP) is 2.22. The van der Waals surface area contributed by atoms with Crippen LogP contribution >= 0.6 is 11.3 Å². The highest BCUT2D eigenvalue weighted by molar-refractivity contribution is 7.09. The molecule has 0 spiro atoms. The molecule has 1 N–H and O–H groups in total. The van der Waals surface area contributed by atoms with Gasteiger partial charge in [-0.05, 0) is 26.2 Å². The van der Waals surface area contributed by atoms with Gasteiger partial charge in [-0.1, -0.05) is 0 Å². The van der Waals surface area contributed by atoms with Gasteiger partial charge in [-0.15, -0.1) is 11.3 Å². The minimum atomic E-state index is 0.359. The van der Waals surface area contributed by atoms with Gasteiger partial charge in [0, 0.05) is 24.7 Å². The Morgan fingerprint density at radius 3 is 3.20 bits per heavy atom. The number of rotatable bonds is 4. The van der Waals surface area contributed by atoms with Crippen molar-refractivity contribution in [1.82, 2.24) is 10.3 Å². The van der Waals surface area contributed by atoms with Gasteiger partial charge in [-0.2, -0.15) is 0 Å². The molecule has 15 heavy (non-hydrogen) atoms. The zero-order valence-corrected chi connectivity index (χ0v) is 10.1. The molecule has 0 amide bonds. The van der Waals surface area contributed by atoms with Crippen molar-refractivity contribution >= 4 is 11.3 Å². The summed E-state index contributed by atoms with van der Waals surface area (Å²) >= 11 is 1.71. The van der Waals surface area contributed by atoms with Gasteiger partial charge >= 0.3 is 0 Å². The number of thiazole rings is 1. The molecule has 1 aliphatic rings. The van der Waals surface area contributed by atoms with Crippen molar-refractivity contribution in [3.8, 4) is 0 Å². The Morgan fingerprint density at radius 2 is 2.60 bits per heavy atom. The van der Waals surface area contributed by atoms with Crippen LogP contribution < -0.4 is 5.32 Å². The van der Waals surface area contributed by atoms with Crippen LogP contribution in [0.4, 0.5) is 0 Å². The Hall–Kier alpha value is -0.450. The molecule has 0 bridgehead atoms. The molecule has 4 heteroatoms. The fourth-order valence-corrected chi connectivity index (χ4v) is 2.58. The smallest absolute Gasteiger partial charge is 0.109 e. The fourth-order valence-electron chi connectivity index (χ4n) is 1.91. The first kappa shape index (κ1) is 11.0. The predicted molar refractivity (Wildman–Crippen MR) is 62.1 cm³/mol.